The second-order valence-corrected chi connectivity index (χ2v) is 6.60. The monoisotopic (exact) mass is 328 g/mol. The number of rotatable bonds is 5. The summed E-state index contributed by atoms with van der Waals surface area (Å²) in [5, 5.41) is 9.69. The number of benzene rings is 1. The Hall–Kier alpha value is -2.21. The van der Waals surface area contributed by atoms with Crippen molar-refractivity contribution < 1.29 is 9.53 Å². The summed E-state index contributed by atoms with van der Waals surface area (Å²) < 4.78 is 5.88. The maximum atomic E-state index is 12.4. The fourth-order valence-corrected chi connectivity index (χ4v) is 3.27. The van der Waals surface area contributed by atoms with E-state index in [2.05, 4.69) is 34.3 Å². The van der Waals surface area contributed by atoms with Crippen molar-refractivity contribution in [2.45, 2.75) is 32.8 Å². The van der Waals surface area contributed by atoms with Crippen LogP contribution in [-0.2, 0) is 4.74 Å². The first-order valence-corrected chi connectivity index (χ1v) is 8.50. The predicted octanol–water partition coefficient (Wildman–Crippen LogP) is 2.65. The Balaban J connectivity index is 1.58. The van der Waals surface area contributed by atoms with Crippen LogP contribution >= 0.6 is 0 Å². The molecule has 0 radical (unpaired) electrons. The van der Waals surface area contributed by atoms with E-state index >= 15 is 0 Å². The third-order valence-corrected chi connectivity index (χ3v) is 4.51. The standard InChI is InChI=1S/C18H24N4O2/c1-12(2)16-15(4-3-9-24-16)10-19-18(23)14-7-5-13(6-8-14)17-20-11-21-22-17/h5-8,11-12,15-16H,3-4,9-10H2,1-2H3,(H,19,23)(H,20,21,22)/t15-,16-/m0/s1. The minimum Gasteiger partial charge on any atom is -0.378 e. The maximum Gasteiger partial charge on any atom is 0.251 e. The van der Waals surface area contributed by atoms with Crippen molar-refractivity contribution in [1.29, 1.82) is 0 Å². The number of amides is 1. The molecule has 128 valence electrons. The van der Waals surface area contributed by atoms with Crippen LogP contribution in [0.15, 0.2) is 30.6 Å². The normalized spacial score (nSPS) is 21.0. The lowest BCUT2D eigenvalue weighted by Gasteiger charge is -2.34. The highest BCUT2D eigenvalue weighted by atomic mass is 16.5. The summed E-state index contributed by atoms with van der Waals surface area (Å²) >= 11 is 0. The quantitative estimate of drug-likeness (QED) is 0.884. The van der Waals surface area contributed by atoms with Crippen LogP contribution in [0.2, 0.25) is 0 Å². The van der Waals surface area contributed by atoms with E-state index in [-0.39, 0.29) is 12.0 Å². The summed E-state index contributed by atoms with van der Waals surface area (Å²) in [7, 11) is 0. The van der Waals surface area contributed by atoms with E-state index in [9.17, 15) is 4.79 Å². The van der Waals surface area contributed by atoms with Crippen molar-refractivity contribution in [2.24, 2.45) is 11.8 Å². The molecule has 1 amide bonds. The zero-order valence-corrected chi connectivity index (χ0v) is 14.2. The summed E-state index contributed by atoms with van der Waals surface area (Å²) in [5.41, 5.74) is 1.56. The minimum absolute atomic E-state index is 0.0489. The Bertz CT molecular complexity index is 652. The molecule has 0 saturated carbocycles. The molecule has 3 rings (SSSR count). The number of carbonyl (C=O) groups excluding carboxylic acids is 1. The van der Waals surface area contributed by atoms with E-state index < -0.39 is 0 Å². The van der Waals surface area contributed by atoms with Gasteiger partial charge < -0.3 is 10.1 Å². The van der Waals surface area contributed by atoms with Gasteiger partial charge in [-0.3, -0.25) is 9.89 Å². The number of aromatic nitrogens is 3. The maximum absolute atomic E-state index is 12.4. The van der Waals surface area contributed by atoms with Gasteiger partial charge in [0, 0.05) is 30.2 Å². The molecule has 1 saturated heterocycles. The molecule has 0 spiro atoms. The third kappa shape index (κ3) is 3.82. The van der Waals surface area contributed by atoms with E-state index in [1.807, 2.05) is 24.3 Å². The smallest absolute Gasteiger partial charge is 0.251 e. The molecule has 1 aromatic heterocycles. The molecule has 2 N–H and O–H groups in total. The zero-order chi connectivity index (χ0) is 16.9. The lowest BCUT2D eigenvalue weighted by Crippen LogP contribution is -2.41. The van der Waals surface area contributed by atoms with Crippen LogP contribution < -0.4 is 5.32 Å². The number of nitrogens with one attached hydrogen (secondary N) is 2. The molecule has 2 heterocycles. The molecule has 0 bridgehead atoms. The first-order valence-electron chi connectivity index (χ1n) is 8.50. The lowest BCUT2D eigenvalue weighted by molar-refractivity contribution is -0.0510. The first-order chi connectivity index (χ1) is 11.6. The molecule has 1 fully saturated rings. The van der Waals surface area contributed by atoms with Gasteiger partial charge in [-0.2, -0.15) is 5.10 Å². The molecular weight excluding hydrogens is 304 g/mol. The summed E-state index contributed by atoms with van der Waals surface area (Å²) in [5.74, 6) is 1.50. The number of aromatic amines is 1. The van der Waals surface area contributed by atoms with Crippen molar-refractivity contribution in [3.05, 3.63) is 36.2 Å². The minimum atomic E-state index is -0.0489. The van der Waals surface area contributed by atoms with E-state index in [0.29, 0.717) is 29.8 Å². The van der Waals surface area contributed by atoms with Crippen molar-refractivity contribution >= 4 is 5.91 Å². The van der Waals surface area contributed by atoms with Gasteiger partial charge in [0.2, 0.25) is 0 Å². The van der Waals surface area contributed by atoms with E-state index in [1.54, 1.807) is 0 Å². The number of ether oxygens (including phenoxy) is 1. The zero-order valence-electron chi connectivity index (χ0n) is 14.2. The molecule has 1 aromatic carbocycles. The van der Waals surface area contributed by atoms with E-state index in [1.165, 1.54) is 6.33 Å². The Morgan fingerprint density at radius 1 is 1.38 bits per heavy atom. The second kappa shape index (κ2) is 7.57. The first kappa shape index (κ1) is 16.6. The van der Waals surface area contributed by atoms with E-state index in [0.717, 1.165) is 25.0 Å². The van der Waals surface area contributed by atoms with Crippen LogP contribution in [0.25, 0.3) is 11.4 Å². The highest BCUT2D eigenvalue weighted by Gasteiger charge is 2.28. The van der Waals surface area contributed by atoms with Gasteiger partial charge in [-0.25, -0.2) is 4.98 Å². The SMILES string of the molecule is CC(C)[C@@H]1OCCC[C@H]1CNC(=O)c1ccc(-c2ncn[nH]2)cc1. The van der Waals surface area contributed by atoms with Crippen molar-refractivity contribution in [3.8, 4) is 11.4 Å². The average molecular weight is 328 g/mol. The average Bonchev–Trinajstić information content (AvgIpc) is 3.14. The highest BCUT2D eigenvalue weighted by Crippen LogP contribution is 2.25. The van der Waals surface area contributed by atoms with Gasteiger partial charge in [0.05, 0.1) is 6.10 Å². The molecule has 2 atom stereocenters. The molecular formula is C18H24N4O2. The fraction of sp³-hybridized carbons (Fsp3) is 0.500. The highest BCUT2D eigenvalue weighted by molar-refractivity contribution is 5.94. The van der Waals surface area contributed by atoms with Crippen LogP contribution in [0.5, 0.6) is 0 Å². The number of hydrogen-bond donors (Lipinski definition) is 2. The molecule has 1 aliphatic rings. The van der Waals surface area contributed by atoms with E-state index in [4.69, 9.17) is 4.74 Å². The molecule has 6 heteroatoms. The topological polar surface area (TPSA) is 79.9 Å². The predicted molar refractivity (Wildman–Crippen MR) is 91.5 cm³/mol. The van der Waals surface area contributed by atoms with Crippen molar-refractivity contribution in [1.82, 2.24) is 20.5 Å². The van der Waals surface area contributed by atoms with Crippen LogP contribution in [0, 0.1) is 11.8 Å². The summed E-state index contributed by atoms with van der Waals surface area (Å²) in [6, 6.07) is 7.36. The number of hydrogen-bond acceptors (Lipinski definition) is 4. The van der Waals surface area contributed by atoms with Gasteiger partial charge in [0.25, 0.3) is 5.91 Å². The molecule has 6 nitrogen and oxygen atoms in total. The van der Waals surface area contributed by atoms with Crippen molar-refractivity contribution in [3.63, 3.8) is 0 Å². The summed E-state index contributed by atoms with van der Waals surface area (Å²) in [6.45, 7) is 5.84. The molecule has 1 aliphatic heterocycles. The van der Waals surface area contributed by atoms with Gasteiger partial charge in [-0.15, -0.1) is 0 Å². The van der Waals surface area contributed by atoms with Gasteiger partial charge in [-0.05, 0) is 30.9 Å². The van der Waals surface area contributed by atoms with Crippen molar-refractivity contribution in [2.75, 3.05) is 13.2 Å². The Labute approximate surface area is 142 Å². The van der Waals surface area contributed by atoms with Crippen LogP contribution in [0.3, 0.4) is 0 Å². The van der Waals surface area contributed by atoms with Crippen LogP contribution in [0.4, 0.5) is 0 Å². The lowest BCUT2D eigenvalue weighted by atomic mass is 9.87. The Morgan fingerprint density at radius 3 is 2.83 bits per heavy atom. The van der Waals surface area contributed by atoms with Gasteiger partial charge in [-0.1, -0.05) is 26.0 Å². The molecule has 0 aliphatic carbocycles. The number of H-pyrrole nitrogens is 1. The fourth-order valence-electron chi connectivity index (χ4n) is 3.27. The van der Waals surface area contributed by atoms with Crippen LogP contribution in [-0.4, -0.2) is 40.3 Å². The Kier molecular flexibility index (Phi) is 5.25. The molecule has 0 unspecified atom stereocenters. The van der Waals surface area contributed by atoms with Gasteiger partial charge in [0.15, 0.2) is 5.82 Å². The van der Waals surface area contributed by atoms with Crippen LogP contribution in [0.1, 0.15) is 37.0 Å². The number of carbonyl (C=O) groups is 1. The largest absolute Gasteiger partial charge is 0.378 e. The summed E-state index contributed by atoms with van der Waals surface area (Å²) in [6.07, 6.45) is 3.86. The second-order valence-electron chi connectivity index (χ2n) is 6.60. The number of nitrogens with zero attached hydrogens (tertiary/aromatic N) is 2. The summed E-state index contributed by atoms with van der Waals surface area (Å²) in [4.78, 5) is 16.5. The molecule has 2 aromatic rings. The van der Waals surface area contributed by atoms with Gasteiger partial charge >= 0.3 is 0 Å². The third-order valence-electron chi connectivity index (χ3n) is 4.51. The van der Waals surface area contributed by atoms with Gasteiger partial charge in [0.1, 0.15) is 6.33 Å². The molecule has 24 heavy (non-hydrogen) atoms. The Morgan fingerprint density at radius 2 is 2.17 bits per heavy atom.